The number of benzene rings is 2. The number of carboxylic acids is 1. The summed E-state index contributed by atoms with van der Waals surface area (Å²) in [5.41, 5.74) is 0.0471. The van der Waals surface area contributed by atoms with E-state index in [-0.39, 0.29) is 42.6 Å². The zero-order valence-electron chi connectivity index (χ0n) is 14.6. The highest BCUT2D eigenvalue weighted by atomic mass is 35.5. The standard InChI is InChI=1S/C11H7Cl2N3O3.C7H3Cl3O/c12-5-2-1-3-6(13)8(5)10(17)15-7-4-14-16-9(7)11(18)19;8-4-2-1-3-5(9)6(4)7(10)11/h1-4H,(H,14,16)(H,15,17)(H,18,19);1-3H. The molecule has 0 aliphatic heterocycles. The van der Waals surface area contributed by atoms with Gasteiger partial charge in [-0.1, -0.05) is 58.5 Å². The van der Waals surface area contributed by atoms with Crippen LogP contribution in [0.3, 0.4) is 0 Å². The molecule has 7 nitrogen and oxygen atoms in total. The van der Waals surface area contributed by atoms with Crippen LogP contribution in [0.5, 0.6) is 0 Å². The van der Waals surface area contributed by atoms with Gasteiger partial charge >= 0.3 is 5.97 Å². The molecule has 0 atom stereocenters. The van der Waals surface area contributed by atoms with E-state index in [1.54, 1.807) is 24.3 Å². The minimum Gasteiger partial charge on any atom is -0.476 e. The number of aromatic nitrogens is 2. The SMILES string of the molecule is O=C(Cl)c1c(Cl)cccc1Cl.O=C(O)c1[nH]ncc1NC(=O)c1c(Cl)cccc1Cl. The fourth-order valence-electron chi connectivity index (χ4n) is 2.13. The first-order valence-electron chi connectivity index (χ1n) is 7.79. The Balaban J connectivity index is 0.000000248. The van der Waals surface area contributed by atoms with Gasteiger partial charge in [0.05, 0.1) is 43.1 Å². The van der Waals surface area contributed by atoms with Gasteiger partial charge in [0.15, 0.2) is 5.69 Å². The summed E-state index contributed by atoms with van der Waals surface area (Å²) < 4.78 is 0. The van der Waals surface area contributed by atoms with Gasteiger partial charge in [-0.2, -0.15) is 5.10 Å². The van der Waals surface area contributed by atoms with Crippen LogP contribution in [-0.2, 0) is 0 Å². The second-order valence-electron chi connectivity index (χ2n) is 5.38. The molecule has 0 aliphatic rings. The quantitative estimate of drug-likeness (QED) is 0.371. The normalized spacial score (nSPS) is 10.0. The van der Waals surface area contributed by atoms with Crippen molar-refractivity contribution in [2.24, 2.45) is 0 Å². The van der Waals surface area contributed by atoms with E-state index in [0.717, 1.165) is 0 Å². The van der Waals surface area contributed by atoms with Gasteiger partial charge in [-0.3, -0.25) is 14.7 Å². The molecule has 0 unspecified atom stereocenters. The second kappa shape index (κ2) is 10.7. The van der Waals surface area contributed by atoms with Gasteiger partial charge in [0, 0.05) is 0 Å². The van der Waals surface area contributed by atoms with Crippen LogP contribution in [0.2, 0.25) is 20.1 Å². The first kappa shape index (κ1) is 24.0. The Morgan fingerprint density at radius 1 is 0.867 bits per heavy atom. The number of hydrogen-bond donors (Lipinski definition) is 3. The molecule has 156 valence electrons. The Morgan fingerprint density at radius 2 is 1.33 bits per heavy atom. The van der Waals surface area contributed by atoms with Crippen LogP contribution in [0, 0.1) is 0 Å². The Bertz CT molecular complexity index is 1080. The zero-order chi connectivity index (χ0) is 22.4. The molecule has 1 heterocycles. The van der Waals surface area contributed by atoms with Crippen LogP contribution >= 0.6 is 58.0 Å². The molecule has 0 fully saturated rings. The number of rotatable bonds is 4. The van der Waals surface area contributed by atoms with Crippen molar-refractivity contribution < 1.29 is 19.5 Å². The van der Waals surface area contributed by atoms with Gasteiger partial charge in [-0.15, -0.1) is 0 Å². The zero-order valence-corrected chi connectivity index (χ0v) is 18.3. The molecule has 12 heteroatoms. The van der Waals surface area contributed by atoms with Crippen molar-refractivity contribution in [2.75, 3.05) is 5.32 Å². The molecule has 0 saturated heterocycles. The van der Waals surface area contributed by atoms with Crippen LogP contribution < -0.4 is 5.32 Å². The van der Waals surface area contributed by atoms with Gasteiger partial charge in [-0.25, -0.2) is 4.79 Å². The molecule has 0 radical (unpaired) electrons. The van der Waals surface area contributed by atoms with Crippen molar-refractivity contribution in [3.63, 3.8) is 0 Å². The molecule has 1 amide bonds. The minimum atomic E-state index is -1.24. The molecule has 3 rings (SSSR count). The number of carbonyl (C=O) groups is 3. The van der Waals surface area contributed by atoms with Gasteiger partial charge in [0.2, 0.25) is 0 Å². The number of nitrogens with one attached hydrogen (secondary N) is 2. The van der Waals surface area contributed by atoms with Gasteiger partial charge in [-0.05, 0) is 35.9 Å². The summed E-state index contributed by atoms with van der Waals surface area (Å²) in [6, 6.07) is 9.38. The van der Waals surface area contributed by atoms with Crippen LogP contribution in [0.25, 0.3) is 0 Å². The second-order valence-corrected chi connectivity index (χ2v) is 7.36. The number of aromatic amines is 1. The van der Waals surface area contributed by atoms with Crippen molar-refractivity contribution >= 4 is 80.8 Å². The van der Waals surface area contributed by atoms with E-state index in [1.165, 1.54) is 18.3 Å². The molecule has 30 heavy (non-hydrogen) atoms. The minimum absolute atomic E-state index is 0.0356. The third-order valence-corrected chi connectivity index (χ3v) is 4.90. The highest BCUT2D eigenvalue weighted by molar-refractivity contribution is 6.69. The molecule has 0 saturated carbocycles. The Morgan fingerprint density at radius 3 is 1.73 bits per heavy atom. The van der Waals surface area contributed by atoms with Crippen molar-refractivity contribution in [3.05, 3.63) is 79.5 Å². The number of anilines is 1. The number of amides is 1. The lowest BCUT2D eigenvalue weighted by Gasteiger charge is -2.07. The third kappa shape index (κ3) is 5.87. The predicted octanol–water partition coefficient (Wildman–Crippen LogP) is 6.04. The topological polar surface area (TPSA) is 112 Å². The number of nitrogens with zero attached hydrogens (tertiary/aromatic N) is 1. The first-order chi connectivity index (χ1) is 14.1. The molecule has 0 aliphatic carbocycles. The summed E-state index contributed by atoms with van der Waals surface area (Å²) in [6.45, 7) is 0. The average molecular weight is 510 g/mol. The Kier molecular flexibility index (Phi) is 8.52. The summed E-state index contributed by atoms with van der Waals surface area (Å²) in [4.78, 5) is 33.6. The molecule has 3 N–H and O–H groups in total. The third-order valence-electron chi connectivity index (χ3n) is 3.45. The van der Waals surface area contributed by atoms with E-state index < -0.39 is 17.1 Å². The van der Waals surface area contributed by atoms with E-state index in [4.69, 9.17) is 63.1 Å². The highest BCUT2D eigenvalue weighted by Gasteiger charge is 2.19. The monoisotopic (exact) mass is 507 g/mol. The van der Waals surface area contributed by atoms with Gasteiger partial charge in [0.1, 0.15) is 0 Å². The number of halogens is 5. The van der Waals surface area contributed by atoms with E-state index in [9.17, 15) is 14.4 Å². The number of aromatic carboxylic acids is 1. The van der Waals surface area contributed by atoms with E-state index in [0.29, 0.717) is 0 Å². The highest BCUT2D eigenvalue weighted by Crippen LogP contribution is 2.26. The van der Waals surface area contributed by atoms with E-state index >= 15 is 0 Å². The summed E-state index contributed by atoms with van der Waals surface area (Å²) >= 11 is 28.2. The lowest BCUT2D eigenvalue weighted by Crippen LogP contribution is -2.15. The molecular formula is C18H10Cl5N3O4. The molecule has 2 aromatic carbocycles. The first-order valence-corrected chi connectivity index (χ1v) is 9.68. The summed E-state index contributed by atoms with van der Waals surface area (Å²) in [7, 11) is 0. The predicted molar refractivity (Wildman–Crippen MR) is 117 cm³/mol. The number of hydrogen-bond acceptors (Lipinski definition) is 4. The van der Waals surface area contributed by atoms with E-state index in [1.807, 2.05) is 0 Å². The van der Waals surface area contributed by atoms with Crippen LogP contribution in [0.4, 0.5) is 5.69 Å². The summed E-state index contributed by atoms with van der Waals surface area (Å²) in [5, 5.41) is 17.3. The molecular weight excluding hydrogens is 499 g/mol. The van der Waals surface area contributed by atoms with Gasteiger partial charge < -0.3 is 10.4 Å². The molecule has 0 bridgehead atoms. The number of H-pyrrole nitrogens is 1. The average Bonchev–Trinajstić information content (AvgIpc) is 3.10. The van der Waals surface area contributed by atoms with Crippen molar-refractivity contribution in [2.45, 2.75) is 0 Å². The number of carbonyl (C=O) groups excluding carboxylic acids is 2. The van der Waals surface area contributed by atoms with Crippen LogP contribution in [0.15, 0.2) is 42.6 Å². The largest absolute Gasteiger partial charge is 0.476 e. The van der Waals surface area contributed by atoms with Crippen LogP contribution in [0.1, 0.15) is 31.2 Å². The van der Waals surface area contributed by atoms with Crippen molar-refractivity contribution in [1.29, 1.82) is 0 Å². The fourth-order valence-corrected chi connectivity index (χ4v) is 3.57. The number of carboxylic acid groups (broad SMARTS) is 1. The maximum absolute atomic E-state index is 12.0. The smallest absolute Gasteiger partial charge is 0.356 e. The Hall–Kier alpha value is -2.29. The van der Waals surface area contributed by atoms with Crippen LogP contribution in [-0.4, -0.2) is 32.4 Å². The lowest BCUT2D eigenvalue weighted by atomic mass is 10.2. The van der Waals surface area contributed by atoms with Gasteiger partial charge in [0.25, 0.3) is 11.1 Å². The summed E-state index contributed by atoms with van der Waals surface area (Å²) in [5.74, 6) is -1.85. The summed E-state index contributed by atoms with van der Waals surface area (Å²) in [6.07, 6.45) is 1.19. The van der Waals surface area contributed by atoms with Crippen molar-refractivity contribution in [1.82, 2.24) is 10.2 Å². The molecule has 3 aromatic rings. The van der Waals surface area contributed by atoms with E-state index in [2.05, 4.69) is 15.5 Å². The maximum Gasteiger partial charge on any atom is 0.356 e. The fraction of sp³-hybridized carbons (Fsp3) is 0. The molecule has 0 spiro atoms. The van der Waals surface area contributed by atoms with Crippen molar-refractivity contribution in [3.8, 4) is 0 Å². The molecule has 1 aromatic heterocycles. The maximum atomic E-state index is 12.0. The lowest BCUT2D eigenvalue weighted by molar-refractivity contribution is 0.0691. The Labute approximate surface area is 194 Å².